The fraction of sp³-hybridized carbons (Fsp3) is 0.455. The fourth-order valence-electron chi connectivity index (χ4n) is 1.52. The van der Waals surface area contributed by atoms with E-state index in [9.17, 15) is 9.59 Å². The van der Waals surface area contributed by atoms with Gasteiger partial charge in [0.1, 0.15) is 22.6 Å². The summed E-state index contributed by atoms with van der Waals surface area (Å²) in [6.45, 7) is 3.43. The molecule has 1 heterocycles. The zero-order valence-electron chi connectivity index (χ0n) is 9.75. The highest BCUT2D eigenvalue weighted by atomic mass is 16.5. The third-order valence-electron chi connectivity index (χ3n) is 2.26. The van der Waals surface area contributed by atoms with Crippen molar-refractivity contribution in [2.45, 2.75) is 20.3 Å². The average Bonchev–Trinajstić information content (AvgIpc) is 2.64. The standard InChI is InChI=1S/C11H14O5/c1-5-7-9(11(13)15-4)8(6(2)16-7)10(12)14-3/h5H2,1-4H3. The van der Waals surface area contributed by atoms with Gasteiger partial charge in [-0.15, -0.1) is 0 Å². The van der Waals surface area contributed by atoms with Crippen LogP contribution < -0.4 is 0 Å². The summed E-state index contributed by atoms with van der Waals surface area (Å²) in [6.07, 6.45) is 0.502. The Morgan fingerprint density at radius 3 is 2.06 bits per heavy atom. The number of rotatable bonds is 3. The summed E-state index contributed by atoms with van der Waals surface area (Å²) < 4.78 is 14.6. The number of furan rings is 1. The second-order valence-electron chi connectivity index (χ2n) is 3.17. The molecule has 0 unspecified atom stereocenters. The highest BCUT2D eigenvalue weighted by molar-refractivity contribution is 6.04. The van der Waals surface area contributed by atoms with Gasteiger partial charge in [-0.25, -0.2) is 9.59 Å². The van der Waals surface area contributed by atoms with E-state index in [1.807, 2.05) is 6.92 Å². The van der Waals surface area contributed by atoms with E-state index in [1.165, 1.54) is 14.2 Å². The smallest absolute Gasteiger partial charge is 0.342 e. The van der Waals surface area contributed by atoms with Gasteiger partial charge in [0.2, 0.25) is 0 Å². The van der Waals surface area contributed by atoms with Crippen molar-refractivity contribution in [2.75, 3.05) is 14.2 Å². The molecule has 1 rings (SSSR count). The number of carbonyl (C=O) groups is 2. The highest BCUT2D eigenvalue weighted by Gasteiger charge is 2.28. The molecule has 0 atom stereocenters. The van der Waals surface area contributed by atoms with E-state index < -0.39 is 11.9 Å². The van der Waals surface area contributed by atoms with E-state index in [-0.39, 0.29) is 11.1 Å². The van der Waals surface area contributed by atoms with Crippen LogP contribution in [0.3, 0.4) is 0 Å². The maximum absolute atomic E-state index is 11.6. The summed E-state index contributed by atoms with van der Waals surface area (Å²) in [5, 5.41) is 0. The summed E-state index contributed by atoms with van der Waals surface area (Å²) in [4.78, 5) is 23.1. The van der Waals surface area contributed by atoms with Crippen molar-refractivity contribution in [2.24, 2.45) is 0 Å². The van der Waals surface area contributed by atoms with Gasteiger partial charge in [-0.1, -0.05) is 6.92 Å². The topological polar surface area (TPSA) is 65.7 Å². The Bertz CT molecular complexity index is 416. The Balaban J connectivity index is 3.40. The van der Waals surface area contributed by atoms with Crippen LogP contribution in [0.15, 0.2) is 4.42 Å². The predicted molar refractivity (Wildman–Crippen MR) is 55.5 cm³/mol. The van der Waals surface area contributed by atoms with Gasteiger partial charge in [0, 0.05) is 6.42 Å². The van der Waals surface area contributed by atoms with Crippen molar-refractivity contribution >= 4 is 11.9 Å². The molecule has 0 aromatic carbocycles. The van der Waals surface area contributed by atoms with Crippen LogP contribution in [0.2, 0.25) is 0 Å². The molecule has 0 radical (unpaired) electrons. The van der Waals surface area contributed by atoms with Crippen LogP contribution in [0.1, 0.15) is 39.2 Å². The number of carbonyl (C=O) groups excluding carboxylic acids is 2. The molecule has 5 nitrogen and oxygen atoms in total. The Kier molecular flexibility index (Phi) is 3.71. The van der Waals surface area contributed by atoms with Gasteiger partial charge in [-0.2, -0.15) is 0 Å². The number of ether oxygens (including phenoxy) is 2. The molecule has 16 heavy (non-hydrogen) atoms. The molecule has 0 N–H and O–H groups in total. The predicted octanol–water partition coefficient (Wildman–Crippen LogP) is 1.72. The quantitative estimate of drug-likeness (QED) is 0.734. The molecule has 88 valence electrons. The summed E-state index contributed by atoms with van der Waals surface area (Å²) >= 11 is 0. The van der Waals surface area contributed by atoms with E-state index in [0.29, 0.717) is 17.9 Å². The Hall–Kier alpha value is -1.78. The molecule has 5 heteroatoms. The van der Waals surface area contributed by atoms with Crippen LogP contribution in [0, 0.1) is 6.92 Å². The molecule has 0 aliphatic rings. The van der Waals surface area contributed by atoms with Crippen molar-refractivity contribution < 1.29 is 23.5 Å². The van der Waals surface area contributed by atoms with Crippen molar-refractivity contribution in [3.05, 3.63) is 22.6 Å². The maximum atomic E-state index is 11.6. The summed E-state index contributed by atoms with van der Waals surface area (Å²) in [5.41, 5.74) is 0.306. The first-order valence-electron chi connectivity index (χ1n) is 4.85. The lowest BCUT2D eigenvalue weighted by atomic mass is 10.1. The molecule has 0 bridgehead atoms. The molecule has 0 saturated heterocycles. The van der Waals surface area contributed by atoms with Crippen LogP contribution in [-0.4, -0.2) is 26.2 Å². The minimum Gasteiger partial charge on any atom is -0.465 e. The molecule has 1 aromatic heterocycles. The van der Waals surface area contributed by atoms with Crippen LogP contribution in [0.5, 0.6) is 0 Å². The summed E-state index contributed by atoms with van der Waals surface area (Å²) in [6, 6.07) is 0. The SMILES string of the molecule is CCc1oc(C)c(C(=O)OC)c1C(=O)OC. The zero-order chi connectivity index (χ0) is 12.3. The zero-order valence-corrected chi connectivity index (χ0v) is 9.75. The van der Waals surface area contributed by atoms with Crippen LogP contribution in [0.4, 0.5) is 0 Å². The van der Waals surface area contributed by atoms with Crippen molar-refractivity contribution in [3.8, 4) is 0 Å². The Morgan fingerprint density at radius 2 is 1.62 bits per heavy atom. The second-order valence-corrected chi connectivity index (χ2v) is 3.17. The number of esters is 2. The third-order valence-corrected chi connectivity index (χ3v) is 2.26. The molecule has 0 saturated carbocycles. The molecule has 0 spiro atoms. The van der Waals surface area contributed by atoms with Gasteiger partial charge in [0.05, 0.1) is 14.2 Å². The first kappa shape index (κ1) is 12.3. The molecule has 1 aromatic rings. The van der Waals surface area contributed by atoms with Crippen LogP contribution in [0.25, 0.3) is 0 Å². The molecule has 0 aliphatic heterocycles. The lowest BCUT2D eigenvalue weighted by molar-refractivity contribution is 0.0555. The van der Waals surface area contributed by atoms with Gasteiger partial charge in [0.15, 0.2) is 0 Å². The minimum absolute atomic E-state index is 0.145. The normalized spacial score (nSPS) is 10.0. The van der Waals surface area contributed by atoms with Gasteiger partial charge in [-0.3, -0.25) is 0 Å². The van der Waals surface area contributed by atoms with E-state index in [1.54, 1.807) is 6.92 Å². The first-order chi connectivity index (χ1) is 7.56. The van der Waals surface area contributed by atoms with Gasteiger partial charge in [-0.05, 0) is 6.92 Å². The van der Waals surface area contributed by atoms with E-state index in [4.69, 9.17) is 4.42 Å². The van der Waals surface area contributed by atoms with E-state index in [2.05, 4.69) is 9.47 Å². The van der Waals surface area contributed by atoms with Gasteiger partial charge in [0.25, 0.3) is 0 Å². The van der Waals surface area contributed by atoms with Crippen molar-refractivity contribution in [1.29, 1.82) is 0 Å². The lowest BCUT2D eigenvalue weighted by Gasteiger charge is -2.01. The monoisotopic (exact) mass is 226 g/mol. The van der Waals surface area contributed by atoms with Crippen LogP contribution in [-0.2, 0) is 15.9 Å². The lowest BCUT2D eigenvalue weighted by Crippen LogP contribution is -2.11. The number of hydrogen-bond acceptors (Lipinski definition) is 5. The van der Waals surface area contributed by atoms with Gasteiger partial charge < -0.3 is 13.9 Å². The van der Waals surface area contributed by atoms with E-state index >= 15 is 0 Å². The summed E-state index contributed by atoms with van der Waals surface area (Å²) in [5.74, 6) is -0.385. The average molecular weight is 226 g/mol. The third kappa shape index (κ3) is 1.93. The fourth-order valence-corrected chi connectivity index (χ4v) is 1.52. The highest BCUT2D eigenvalue weighted by Crippen LogP contribution is 2.24. The maximum Gasteiger partial charge on any atom is 0.342 e. The number of hydrogen-bond donors (Lipinski definition) is 0. The molecular weight excluding hydrogens is 212 g/mol. The van der Waals surface area contributed by atoms with Gasteiger partial charge >= 0.3 is 11.9 Å². The molecule has 0 fully saturated rings. The van der Waals surface area contributed by atoms with Crippen molar-refractivity contribution in [3.63, 3.8) is 0 Å². The molecule has 0 aliphatic carbocycles. The van der Waals surface area contributed by atoms with E-state index in [0.717, 1.165) is 0 Å². The summed E-state index contributed by atoms with van der Waals surface area (Å²) in [7, 11) is 2.51. The molecular formula is C11H14O5. The largest absolute Gasteiger partial charge is 0.465 e. The molecule has 0 amide bonds. The Morgan fingerprint density at radius 1 is 1.12 bits per heavy atom. The Labute approximate surface area is 93.3 Å². The first-order valence-corrected chi connectivity index (χ1v) is 4.85. The van der Waals surface area contributed by atoms with Crippen LogP contribution >= 0.6 is 0 Å². The number of aryl methyl sites for hydroxylation is 2. The second kappa shape index (κ2) is 4.83. The van der Waals surface area contributed by atoms with Crippen molar-refractivity contribution in [1.82, 2.24) is 0 Å². The minimum atomic E-state index is -0.596. The number of methoxy groups -OCH3 is 2.